The van der Waals surface area contributed by atoms with Crippen molar-refractivity contribution in [3.63, 3.8) is 0 Å². The quantitative estimate of drug-likeness (QED) is 0.638. The molecule has 0 aliphatic heterocycles. The molecule has 134 valence electrons. The minimum atomic E-state index is -1.34. The summed E-state index contributed by atoms with van der Waals surface area (Å²) in [5.74, 6) is -0.996. The van der Waals surface area contributed by atoms with Crippen molar-refractivity contribution in [2.24, 2.45) is 0 Å². The Morgan fingerprint density at radius 3 is 2.58 bits per heavy atom. The first-order valence-corrected chi connectivity index (χ1v) is 8.50. The fourth-order valence-corrected chi connectivity index (χ4v) is 3.02. The molecule has 1 heterocycles. The van der Waals surface area contributed by atoms with E-state index >= 15 is 0 Å². The van der Waals surface area contributed by atoms with Crippen LogP contribution in [0.2, 0.25) is 0 Å². The highest BCUT2D eigenvalue weighted by Crippen LogP contribution is 2.31. The molecule has 0 saturated carbocycles. The van der Waals surface area contributed by atoms with Crippen LogP contribution < -0.4 is 15.5 Å². The highest BCUT2D eigenvalue weighted by molar-refractivity contribution is 5.85. The lowest BCUT2D eigenvalue weighted by Crippen LogP contribution is -2.33. The van der Waals surface area contributed by atoms with Crippen LogP contribution in [-0.4, -0.2) is 5.97 Å². The zero-order valence-corrected chi connectivity index (χ0v) is 14.7. The molecule has 5 heteroatoms. The van der Waals surface area contributed by atoms with Crippen LogP contribution in [-0.2, 0) is 11.2 Å². The van der Waals surface area contributed by atoms with E-state index in [4.69, 9.17) is 9.15 Å². The van der Waals surface area contributed by atoms with Crippen LogP contribution in [0.1, 0.15) is 36.1 Å². The second-order valence-corrected chi connectivity index (χ2v) is 6.13. The van der Waals surface area contributed by atoms with Gasteiger partial charge < -0.3 is 19.1 Å². The predicted molar refractivity (Wildman–Crippen MR) is 96.0 cm³/mol. The number of hydrogen-bond acceptors (Lipinski definition) is 5. The van der Waals surface area contributed by atoms with Crippen molar-refractivity contribution in [2.75, 3.05) is 0 Å². The van der Waals surface area contributed by atoms with Gasteiger partial charge in [-0.25, -0.2) is 4.79 Å². The van der Waals surface area contributed by atoms with Crippen LogP contribution in [0.3, 0.4) is 0 Å². The molecule has 0 bridgehead atoms. The Bertz CT molecular complexity index is 988. The number of benzene rings is 2. The third-order valence-electron chi connectivity index (χ3n) is 4.28. The first kappa shape index (κ1) is 17.7. The third kappa shape index (κ3) is 3.47. The number of carboxylic acid groups (broad SMARTS) is 1. The number of rotatable bonds is 6. The van der Waals surface area contributed by atoms with Gasteiger partial charge in [-0.3, -0.25) is 0 Å². The van der Waals surface area contributed by atoms with Crippen molar-refractivity contribution in [2.45, 2.75) is 32.8 Å². The molecule has 0 unspecified atom stereocenters. The molecule has 0 aliphatic rings. The van der Waals surface area contributed by atoms with Gasteiger partial charge in [-0.1, -0.05) is 43.7 Å². The van der Waals surface area contributed by atoms with Gasteiger partial charge in [0, 0.05) is 17.0 Å². The molecule has 0 spiro atoms. The normalized spacial score (nSPS) is 12.1. The average molecular weight is 351 g/mol. The molecule has 0 N–H and O–H groups in total. The molecule has 26 heavy (non-hydrogen) atoms. The Kier molecular flexibility index (Phi) is 5.07. The first-order chi connectivity index (χ1) is 12.5. The summed E-state index contributed by atoms with van der Waals surface area (Å²) in [5, 5.41) is 12.4. The van der Waals surface area contributed by atoms with E-state index in [1.54, 1.807) is 49.4 Å². The maximum atomic E-state index is 11.9. The molecule has 1 aromatic heterocycles. The SMILES string of the molecule is CCCc1cc(=O)oc2c(C)c(O[C@@H](C(=O)[O-])c3ccccc3)ccc12. The number of carboxylic acids is 1. The lowest BCUT2D eigenvalue weighted by Gasteiger charge is -2.22. The van der Waals surface area contributed by atoms with E-state index in [2.05, 4.69) is 0 Å². The standard InChI is InChI=1S/C21H20O5/c1-3-7-15-12-18(22)26-19-13(2)17(11-10-16(15)19)25-20(21(23)24)14-8-5-4-6-9-14/h4-6,8-12,20H,3,7H2,1-2H3,(H,23,24)/p-1/t20-/m1/s1. The minimum Gasteiger partial charge on any atom is -0.546 e. The van der Waals surface area contributed by atoms with Gasteiger partial charge in [0.2, 0.25) is 0 Å². The van der Waals surface area contributed by atoms with Crippen molar-refractivity contribution in [3.8, 4) is 5.75 Å². The zero-order chi connectivity index (χ0) is 18.7. The Balaban J connectivity index is 2.07. The van der Waals surface area contributed by atoms with Crippen molar-refractivity contribution >= 4 is 16.9 Å². The lowest BCUT2D eigenvalue weighted by molar-refractivity contribution is -0.314. The van der Waals surface area contributed by atoms with E-state index in [1.165, 1.54) is 6.07 Å². The van der Waals surface area contributed by atoms with Crippen LogP contribution in [0.4, 0.5) is 0 Å². The Hall–Kier alpha value is -3.08. The van der Waals surface area contributed by atoms with Crippen molar-refractivity contribution < 1.29 is 19.1 Å². The van der Waals surface area contributed by atoms with E-state index in [-0.39, 0.29) is 0 Å². The van der Waals surface area contributed by atoms with Crippen LogP contribution in [0, 0.1) is 6.92 Å². The smallest absolute Gasteiger partial charge is 0.336 e. The molecule has 0 saturated heterocycles. The number of ether oxygens (including phenoxy) is 1. The minimum absolute atomic E-state index is 0.340. The summed E-state index contributed by atoms with van der Waals surface area (Å²) < 4.78 is 11.1. The van der Waals surface area contributed by atoms with Gasteiger partial charge in [-0.15, -0.1) is 0 Å². The topological polar surface area (TPSA) is 79.6 Å². The summed E-state index contributed by atoms with van der Waals surface area (Å²) in [6.07, 6.45) is 0.405. The molecule has 0 radical (unpaired) electrons. The average Bonchev–Trinajstić information content (AvgIpc) is 2.62. The fraction of sp³-hybridized carbons (Fsp3) is 0.238. The molecule has 3 rings (SSSR count). The summed E-state index contributed by atoms with van der Waals surface area (Å²) >= 11 is 0. The van der Waals surface area contributed by atoms with E-state index < -0.39 is 17.7 Å². The number of carbonyl (C=O) groups is 1. The van der Waals surface area contributed by atoms with E-state index in [0.29, 0.717) is 22.5 Å². The Morgan fingerprint density at radius 2 is 1.92 bits per heavy atom. The summed E-state index contributed by atoms with van der Waals surface area (Å²) in [4.78, 5) is 23.4. The van der Waals surface area contributed by atoms with Crippen molar-refractivity contribution in [1.29, 1.82) is 0 Å². The largest absolute Gasteiger partial charge is 0.546 e. The van der Waals surface area contributed by atoms with E-state index in [9.17, 15) is 14.7 Å². The van der Waals surface area contributed by atoms with Crippen LogP contribution in [0.5, 0.6) is 5.75 Å². The summed E-state index contributed by atoms with van der Waals surface area (Å²) in [6.45, 7) is 3.78. The predicted octanol–water partition coefficient (Wildman–Crippen LogP) is 2.92. The molecular weight excluding hydrogens is 332 g/mol. The van der Waals surface area contributed by atoms with Gasteiger partial charge >= 0.3 is 5.63 Å². The molecule has 0 amide bonds. The second kappa shape index (κ2) is 7.44. The molecule has 1 atom stereocenters. The van der Waals surface area contributed by atoms with E-state index in [0.717, 1.165) is 23.8 Å². The van der Waals surface area contributed by atoms with Gasteiger partial charge in [-0.05, 0) is 36.6 Å². The van der Waals surface area contributed by atoms with Gasteiger partial charge in [-0.2, -0.15) is 0 Å². The van der Waals surface area contributed by atoms with Gasteiger partial charge in [0.25, 0.3) is 0 Å². The number of carbonyl (C=O) groups excluding carboxylic acids is 1. The maximum Gasteiger partial charge on any atom is 0.336 e. The third-order valence-corrected chi connectivity index (χ3v) is 4.28. The van der Waals surface area contributed by atoms with Crippen molar-refractivity contribution in [1.82, 2.24) is 0 Å². The number of hydrogen-bond donors (Lipinski definition) is 0. The summed E-state index contributed by atoms with van der Waals surface area (Å²) in [7, 11) is 0. The van der Waals surface area contributed by atoms with Crippen LogP contribution in [0.25, 0.3) is 11.0 Å². The van der Waals surface area contributed by atoms with Gasteiger partial charge in [0.1, 0.15) is 11.3 Å². The highest BCUT2D eigenvalue weighted by atomic mass is 16.5. The summed E-state index contributed by atoms with van der Waals surface area (Å²) in [6, 6.07) is 13.6. The lowest BCUT2D eigenvalue weighted by atomic mass is 10.0. The molecule has 0 aliphatic carbocycles. The van der Waals surface area contributed by atoms with Crippen LogP contribution in [0.15, 0.2) is 57.7 Å². The van der Waals surface area contributed by atoms with Gasteiger partial charge in [0.15, 0.2) is 6.10 Å². The molecule has 2 aromatic carbocycles. The molecule has 0 fully saturated rings. The first-order valence-electron chi connectivity index (χ1n) is 8.50. The fourth-order valence-electron chi connectivity index (χ4n) is 3.02. The highest BCUT2D eigenvalue weighted by Gasteiger charge is 2.18. The number of fused-ring (bicyclic) bond motifs is 1. The summed E-state index contributed by atoms with van der Waals surface area (Å²) in [5.41, 5.74) is 1.96. The monoisotopic (exact) mass is 351 g/mol. The maximum absolute atomic E-state index is 11.9. The molecule has 5 nitrogen and oxygen atoms in total. The van der Waals surface area contributed by atoms with E-state index in [1.807, 2.05) is 6.92 Å². The Morgan fingerprint density at radius 1 is 1.19 bits per heavy atom. The number of aryl methyl sites for hydroxylation is 2. The van der Waals surface area contributed by atoms with Crippen molar-refractivity contribution in [3.05, 3.63) is 75.6 Å². The number of aliphatic carboxylic acids is 1. The molecule has 3 aromatic rings. The van der Waals surface area contributed by atoms with Gasteiger partial charge in [0.05, 0.1) is 5.97 Å². The van der Waals surface area contributed by atoms with Crippen LogP contribution >= 0.6 is 0 Å². The molecular formula is C21H19O5-. The Labute approximate surface area is 150 Å². The zero-order valence-electron chi connectivity index (χ0n) is 14.7. The second-order valence-electron chi connectivity index (χ2n) is 6.13.